The zero-order chi connectivity index (χ0) is 13.5. The summed E-state index contributed by atoms with van der Waals surface area (Å²) in [6.07, 6.45) is 0.737. The van der Waals surface area contributed by atoms with E-state index in [1.54, 1.807) is 14.2 Å². The minimum atomic E-state index is 0.737. The van der Waals surface area contributed by atoms with Crippen LogP contribution in [0.2, 0.25) is 0 Å². The van der Waals surface area contributed by atoms with Crippen LogP contribution in [0.3, 0.4) is 0 Å². The first kappa shape index (κ1) is 13.1. The van der Waals surface area contributed by atoms with Gasteiger partial charge in [0, 0.05) is 6.42 Å². The maximum absolute atomic E-state index is 5.16. The first-order valence-corrected chi connectivity index (χ1v) is 6.12. The number of ether oxygens (including phenoxy) is 1. The van der Waals surface area contributed by atoms with Crippen molar-refractivity contribution in [3.05, 3.63) is 65.7 Å². The molecule has 0 saturated heterocycles. The third-order valence-electron chi connectivity index (χ3n) is 2.84. The highest BCUT2D eigenvalue weighted by Gasteiger charge is 2.06. The third-order valence-corrected chi connectivity index (χ3v) is 2.84. The molecule has 0 saturated carbocycles. The van der Waals surface area contributed by atoms with Gasteiger partial charge in [-0.05, 0) is 35.4 Å². The summed E-state index contributed by atoms with van der Waals surface area (Å²) >= 11 is 0. The second kappa shape index (κ2) is 6.59. The molecule has 2 aromatic rings. The Labute approximate surface area is 113 Å². The van der Waals surface area contributed by atoms with E-state index in [4.69, 9.17) is 9.57 Å². The molecule has 2 rings (SSSR count). The van der Waals surface area contributed by atoms with Crippen LogP contribution in [0.15, 0.2) is 59.8 Å². The number of rotatable bonds is 5. The van der Waals surface area contributed by atoms with Crippen molar-refractivity contribution in [1.82, 2.24) is 0 Å². The molecule has 0 aromatic heterocycles. The largest absolute Gasteiger partial charge is 0.497 e. The SMILES string of the molecule is CO/N=C(/Cc1ccccc1)c1ccc(OC)cc1. The van der Waals surface area contributed by atoms with Crippen molar-refractivity contribution in [2.24, 2.45) is 5.16 Å². The van der Waals surface area contributed by atoms with E-state index < -0.39 is 0 Å². The summed E-state index contributed by atoms with van der Waals surface area (Å²) in [7, 11) is 3.22. The Kier molecular flexibility index (Phi) is 4.56. The maximum Gasteiger partial charge on any atom is 0.118 e. The van der Waals surface area contributed by atoms with Crippen molar-refractivity contribution in [3.63, 3.8) is 0 Å². The maximum atomic E-state index is 5.16. The van der Waals surface area contributed by atoms with E-state index >= 15 is 0 Å². The molecule has 0 amide bonds. The molecular weight excluding hydrogens is 238 g/mol. The molecule has 0 aliphatic rings. The van der Waals surface area contributed by atoms with E-state index in [1.807, 2.05) is 42.5 Å². The molecule has 0 heterocycles. The van der Waals surface area contributed by atoms with Gasteiger partial charge in [0.05, 0.1) is 12.8 Å². The Morgan fingerprint density at radius 3 is 2.21 bits per heavy atom. The summed E-state index contributed by atoms with van der Waals surface area (Å²) < 4.78 is 5.16. The standard InChI is InChI=1S/C16H17NO2/c1-18-15-10-8-14(9-11-15)16(17-19-2)12-13-6-4-3-5-7-13/h3-11H,12H2,1-2H3/b17-16-. The topological polar surface area (TPSA) is 30.8 Å². The zero-order valence-electron chi connectivity index (χ0n) is 11.2. The van der Waals surface area contributed by atoms with E-state index in [1.165, 1.54) is 5.56 Å². The molecule has 0 aliphatic carbocycles. The Balaban J connectivity index is 2.22. The van der Waals surface area contributed by atoms with Gasteiger partial charge >= 0.3 is 0 Å². The van der Waals surface area contributed by atoms with Crippen LogP contribution in [0.5, 0.6) is 5.75 Å². The van der Waals surface area contributed by atoms with Gasteiger partial charge in [0.2, 0.25) is 0 Å². The minimum absolute atomic E-state index is 0.737. The Bertz CT molecular complexity index is 532. The summed E-state index contributed by atoms with van der Waals surface area (Å²) in [6, 6.07) is 18.0. The number of methoxy groups -OCH3 is 1. The van der Waals surface area contributed by atoms with E-state index in [0.717, 1.165) is 23.4 Å². The van der Waals surface area contributed by atoms with Gasteiger partial charge in [0.1, 0.15) is 12.9 Å². The Morgan fingerprint density at radius 1 is 0.947 bits per heavy atom. The van der Waals surface area contributed by atoms with E-state index in [9.17, 15) is 0 Å². The first-order chi connectivity index (χ1) is 9.33. The molecule has 0 radical (unpaired) electrons. The highest BCUT2D eigenvalue weighted by molar-refractivity contribution is 6.01. The molecule has 0 fully saturated rings. The number of benzene rings is 2. The monoisotopic (exact) mass is 255 g/mol. The van der Waals surface area contributed by atoms with Crippen LogP contribution in [0.4, 0.5) is 0 Å². The van der Waals surface area contributed by atoms with E-state index in [-0.39, 0.29) is 0 Å². The van der Waals surface area contributed by atoms with Crippen LogP contribution in [0, 0.1) is 0 Å². The molecule has 3 heteroatoms. The van der Waals surface area contributed by atoms with Gasteiger partial charge in [-0.1, -0.05) is 35.5 Å². The number of nitrogens with zero attached hydrogens (tertiary/aromatic N) is 1. The van der Waals surface area contributed by atoms with Crippen molar-refractivity contribution in [1.29, 1.82) is 0 Å². The van der Waals surface area contributed by atoms with Gasteiger partial charge in [0.15, 0.2) is 0 Å². The van der Waals surface area contributed by atoms with Crippen molar-refractivity contribution >= 4 is 5.71 Å². The lowest BCUT2D eigenvalue weighted by Gasteiger charge is -2.07. The minimum Gasteiger partial charge on any atom is -0.497 e. The predicted molar refractivity (Wildman–Crippen MR) is 76.7 cm³/mol. The summed E-state index contributed by atoms with van der Waals surface area (Å²) in [4.78, 5) is 4.94. The third kappa shape index (κ3) is 3.58. The molecule has 98 valence electrons. The zero-order valence-corrected chi connectivity index (χ0v) is 11.2. The van der Waals surface area contributed by atoms with Crippen molar-refractivity contribution in [2.45, 2.75) is 6.42 Å². The predicted octanol–water partition coefficient (Wildman–Crippen LogP) is 3.29. The fourth-order valence-electron chi connectivity index (χ4n) is 1.87. The lowest BCUT2D eigenvalue weighted by molar-refractivity contribution is 0.213. The fourth-order valence-corrected chi connectivity index (χ4v) is 1.87. The molecule has 0 atom stereocenters. The van der Waals surface area contributed by atoms with Crippen molar-refractivity contribution in [3.8, 4) is 5.75 Å². The molecule has 2 aromatic carbocycles. The van der Waals surface area contributed by atoms with Gasteiger partial charge in [-0.2, -0.15) is 0 Å². The second-order valence-electron chi connectivity index (χ2n) is 4.11. The highest BCUT2D eigenvalue weighted by Crippen LogP contribution is 2.14. The molecule has 0 spiro atoms. The molecule has 3 nitrogen and oxygen atoms in total. The van der Waals surface area contributed by atoms with Crippen molar-refractivity contribution < 1.29 is 9.57 Å². The normalized spacial score (nSPS) is 11.2. The fraction of sp³-hybridized carbons (Fsp3) is 0.188. The second-order valence-corrected chi connectivity index (χ2v) is 4.11. The van der Waals surface area contributed by atoms with Crippen LogP contribution in [-0.2, 0) is 11.3 Å². The summed E-state index contributed by atoms with van der Waals surface area (Å²) in [5.41, 5.74) is 3.14. The molecule has 0 bridgehead atoms. The quantitative estimate of drug-likeness (QED) is 0.606. The number of oxime groups is 1. The average Bonchev–Trinajstić information content (AvgIpc) is 2.48. The first-order valence-electron chi connectivity index (χ1n) is 6.12. The van der Waals surface area contributed by atoms with Crippen LogP contribution in [0.1, 0.15) is 11.1 Å². The van der Waals surface area contributed by atoms with Gasteiger partial charge in [-0.25, -0.2) is 0 Å². The molecule has 0 unspecified atom stereocenters. The van der Waals surface area contributed by atoms with Crippen LogP contribution >= 0.6 is 0 Å². The van der Waals surface area contributed by atoms with Crippen LogP contribution < -0.4 is 4.74 Å². The Morgan fingerprint density at radius 2 is 1.63 bits per heavy atom. The van der Waals surface area contributed by atoms with Gasteiger partial charge in [-0.15, -0.1) is 0 Å². The van der Waals surface area contributed by atoms with Crippen LogP contribution in [0.25, 0.3) is 0 Å². The molecular formula is C16H17NO2. The molecule has 19 heavy (non-hydrogen) atoms. The van der Waals surface area contributed by atoms with E-state index in [2.05, 4.69) is 17.3 Å². The van der Waals surface area contributed by atoms with E-state index in [0.29, 0.717) is 0 Å². The number of hydrogen-bond acceptors (Lipinski definition) is 3. The number of hydrogen-bond donors (Lipinski definition) is 0. The lowest BCUT2D eigenvalue weighted by Crippen LogP contribution is -2.06. The van der Waals surface area contributed by atoms with Gasteiger partial charge < -0.3 is 9.57 Å². The molecule has 0 aliphatic heterocycles. The Hall–Kier alpha value is -2.29. The van der Waals surface area contributed by atoms with Gasteiger partial charge in [0.25, 0.3) is 0 Å². The molecule has 0 N–H and O–H groups in total. The smallest absolute Gasteiger partial charge is 0.118 e. The highest BCUT2D eigenvalue weighted by atomic mass is 16.6. The average molecular weight is 255 g/mol. The lowest BCUT2D eigenvalue weighted by atomic mass is 10.0. The van der Waals surface area contributed by atoms with Crippen molar-refractivity contribution in [2.75, 3.05) is 14.2 Å². The summed E-state index contributed by atoms with van der Waals surface area (Å²) in [5, 5.41) is 4.12. The van der Waals surface area contributed by atoms with Gasteiger partial charge in [-0.3, -0.25) is 0 Å². The summed E-state index contributed by atoms with van der Waals surface area (Å²) in [5.74, 6) is 0.834. The van der Waals surface area contributed by atoms with Crippen LogP contribution in [-0.4, -0.2) is 19.9 Å². The summed E-state index contributed by atoms with van der Waals surface area (Å²) in [6.45, 7) is 0.